The normalized spacial score (nSPS) is 15.5. The maximum absolute atomic E-state index is 12.0. The third kappa shape index (κ3) is 3.97. The van der Waals surface area contributed by atoms with E-state index in [1.807, 2.05) is 0 Å². The molecular formula is C19H25N3O2. The summed E-state index contributed by atoms with van der Waals surface area (Å²) in [5.41, 5.74) is 3.23. The van der Waals surface area contributed by atoms with Gasteiger partial charge in [0.15, 0.2) is 0 Å². The molecule has 24 heavy (non-hydrogen) atoms. The average Bonchev–Trinajstić information content (AvgIpc) is 3.01. The number of carbonyl (C=O) groups is 1. The fraction of sp³-hybridized carbons (Fsp3) is 0.421. The molecule has 3 rings (SSSR count). The van der Waals surface area contributed by atoms with Crippen molar-refractivity contribution >= 4 is 11.6 Å². The van der Waals surface area contributed by atoms with Gasteiger partial charge in [-0.25, -0.2) is 0 Å². The van der Waals surface area contributed by atoms with Gasteiger partial charge in [-0.2, -0.15) is 0 Å². The molecule has 0 spiro atoms. The summed E-state index contributed by atoms with van der Waals surface area (Å²) in [5, 5.41) is 2.97. The predicted octanol–water partition coefficient (Wildman–Crippen LogP) is 2.45. The van der Waals surface area contributed by atoms with Crippen LogP contribution < -0.4 is 10.2 Å². The number of amides is 1. The molecule has 0 atom stereocenters. The van der Waals surface area contributed by atoms with Crippen LogP contribution in [0.1, 0.15) is 21.7 Å². The number of carbonyl (C=O) groups excluding carboxylic acids is 1. The van der Waals surface area contributed by atoms with Gasteiger partial charge in [-0.3, -0.25) is 9.69 Å². The number of hydrogen-bond donors (Lipinski definition) is 1. The standard InChI is InChI=1S/C19H25N3O2/c1-15-4-3-5-17(14-15)22-11-9-21(10-12-22)8-7-20-19(23)18-6-13-24-16(18)2/h3-6,13-14H,7-12H2,1-2H3,(H,20,23). The van der Waals surface area contributed by atoms with E-state index in [1.165, 1.54) is 11.3 Å². The van der Waals surface area contributed by atoms with Crippen LogP contribution >= 0.6 is 0 Å². The van der Waals surface area contributed by atoms with Crippen molar-refractivity contribution in [1.29, 1.82) is 0 Å². The molecular weight excluding hydrogens is 302 g/mol. The molecule has 1 aromatic heterocycles. The summed E-state index contributed by atoms with van der Waals surface area (Å²) in [7, 11) is 0. The minimum atomic E-state index is -0.0559. The number of nitrogens with zero attached hydrogens (tertiary/aromatic N) is 2. The molecule has 5 heteroatoms. The Morgan fingerprint density at radius 3 is 2.62 bits per heavy atom. The second kappa shape index (κ2) is 7.53. The topological polar surface area (TPSA) is 48.7 Å². The Morgan fingerprint density at radius 2 is 1.96 bits per heavy atom. The van der Waals surface area contributed by atoms with Crippen molar-refractivity contribution in [2.75, 3.05) is 44.2 Å². The van der Waals surface area contributed by atoms with Gasteiger partial charge in [-0.05, 0) is 37.6 Å². The van der Waals surface area contributed by atoms with E-state index in [2.05, 4.69) is 46.3 Å². The molecule has 0 unspecified atom stereocenters. The molecule has 1 amide bonds. The van der Waals surface area contributed by atoms with Gasteiger partial charge in [0.1, 0.15) is 5.76 Å². The Kier molecular flexibility index (Phi) is 5.20. The molecule has 2 aromatic rings. The Labute approximate surface area is 143 Å². The number of rotatable bonds is 5. The first-order valence-electron chi connectivity index (χ1n) is 8.50. The first-order valence-corrected chi connectivity index (χ1v) is 8.50. The highest BCUT2D eigenvalue weighted by molar-refractivity contribution is 5.94. The highest BCUT2D eigenvalue weighted by Crippen LogP contribution is 2.17. The lowest BCUT2D eigenvalue weighted by Crippen LogP contribution is -2.48. The molecule has 0 bridgehead atoms. The number of furan rings is 1. The molecule has 5 nitrogen and oxygen atoms in total. The molecule has 1 aromatic carbocycles. The third-order valence-electron chi connectivity index (χ3n) is 4.56. The number of benzene rings is 1. The SMILES string of the molecule is Cc1cccc(N2CCN(CCNC(=O)c3ccoc3C)CC2)c1. The lowest BCUT2D eigenvalue weighted by atomic mass is 10.2. The van der Waals surface area contributed by atoms with Gasteiger partial charge in [0, 0.05) is 45.0 Å². The van der Waals surface area contributed by atoms with Gasteiger partial charge >= 0.3 is 0 Å². The molecule has 0 saturated carbocycles. The van der Waals surface area contributed by atoms with E-state index in [4.69, 9.17) is 4.42 Å². The van der Waals surface area contributed by atoms with E-state index in [0.717, 1.165) is 32.7 Å². The van der Waals surface area contributed by atoms with Crippen LogP contribution in [0.25, 0.3) is 0 Å². The first-order chi connectivity index (χ1) is 11.6. The highest BCUT2D eigenvalue weighted by Gasteiger charge is 2.17. The van der Waals surface area contributed by atoms with Crippen LogP contribution in [0.4, 0.5) is 5.69 Å². The van der Waals surface area contributed by atoms with Gasteiger partial charge in [0.25, 0.3) is 5.91 Å². The van der Waals surface area contributed by atoms with Crippen LogP contribution in [0, 0.1) is 13.8 Å². The van der Waals surface area contributed by atoms with Crippen molar-refractivity contribution in [1.82, 2.24) is 10.2 Å². The van der Waals surface area contributed by atoms with Crippen molar-refractivity contribution < 1.29 is 9.21 Å². The predicted molar refractivity (Wildman–Crippen MR) is 95.6 cm³/mol. The first kappa shape index (κ1) is 16.6. The third-order valence-corrected chi connectivity index (χ3v) is 4.56. The summed E-state index contributed by atoms with van der Waals surface area (Å²) in [5.74, 6) is 0.610. The van der Waals surface area contributed by atoms with E-state index in [1.54, 1.807) is 19.3 Å². The van der Waals surface area contributed by atoms with Crippen LogP contribution in [-0.4, -0.2) is 50.1 Å². The van der Waals surface area contributed by atoms with Crippen LogP contribution in [-0.2, 0) is 0 Å². The van der Waals surface area contributed by atoms with Crippen molar-refractivity contribution in [3.63, 3.8) is 0 Å². The molecule has 1 aliphatic rings. The van der Waals surface area contributed by atoms with E-state index >= 15 is 0 Å². The molecule has 128 valence electrons. The quantitative estimate of drug-likeness (QED) is 0.916. The average molecular weight is 327 g/mol. The molecule has 1 saturated heterocycles. The Morgan fingerprint density at radius 1 is 1.17 bits per heavy atom. The van der Waals surface area contributed by atoms with Crippen molar-refractivity contribution in [3.8, 4) is 0 Å². The molecule has 1 N–H and O–H groups in total. The van der Waals surface area contributed by atoms with Crippen LogP contribution in [0.3, 0.4) is 0 Å². The summed E-state index contributed by atoms with van der Waals surface area (Å²) < 4.78 is 5.17. The number of aryl methyl sites for hydroxylation is 2. The van der Waals surface area contributed by atoms with E-state index in [0.29, 0.717) is 17.9 Å². The molecule has 0 radical (unpaired) electrons. The molecule has 1 fully saturated rings. The van der Waals surface area contributed by atoms with E-state index < -0.39 is 0 Å². The lowest BCUT2D eigenvalue weighted by Gasteiger charge is -2.36. The van der Waals surface area contributed by atoms with Crippen LogP contribution in [0.15, 0.2) is 41.0 Å². The molecule has 0 aliphatic carbocycles. The number of piperazine rings is 1. The summed E-state index contributed by atoms with van der Waals surface area (Å²) in [6.07, 6.45) is 1.55. The minimum absolute atomic E-state index is 0.0559. The van der Waals surface area contributed by atoms with E-state index in [9.17, 15) is 4.79 Å². The second-order valence-electron chi connectivity index (χ2n) is 6.31. The van der Waals surface area contributed by atoms with Crippen molar-refractivity contribution in [3.05, 3.63) is 53.5 Å². The zero-order valence-electron chi connectivity index (χ0n) is 14.4. The summed E-state index contributed by atoms with van der Waals surface area (Å²) in [6, 6.07) is 10.4. The molecule has 1 aliphatic heterocycles. The van der Waals surface area contributed by atoms with Gasteiger partial charge in [0.05, 0.1) is 11.8 Å². The maximum atomic E-state index is 12.0. The second-order valence-corrected chi connectivity index (χ2v) is 6.31. The largest absolute Gasteiger partial charge is 0.469 e. The van der Waals surface area contributed by atoms with Crippen molar-refractivity contribution in [2.45, 2.75) is 13.8 Å². The fourth-order valence-electron chi connectivity index (χ4n) is 3.10. The summed E-state index contributed by atoms with van der Waals surface area (Å²) in [6.45, 7) is 9.57. The zero-order chi connectivity index (χ0) is 16.9. The highest BCUT2D eigenvalue weighted by atomic mass is 16.3. The van der Waals surface area contributed by atoms with Gasteiger partial charge in [0.2, 0.25) is 0 Å². The monoisotopic (exact) mass is 327 g/mol. The maximum Gasteiger partial charge on any atom is 0.254 e. The lowest BCUT2D eigenvalue weighted by molar-refractivity contribution is 0.0946. The fourth-order valence-corrected chi connectivity index (χ4v) is 3.10. The molecule has 2 heterocycles. The van der Waals surface area contributed by atoms with Crippen LogP contribution in [0.5, 0.6) is 0 Å². The minimum Gasteiger partial charge on any atom is -0.469 e. The van der Waals surface area contributed by atoms with Crippen molar-refractivity contribution in [2.24, 2.45) is 0 Å². The Hall–Kier alpha value is -2.27. The van der Waals surface area contributed by atoms with E-state index in [-0.39, 0.29) is 5.91 Å². The van der Waals surface area contributed by atoms with Gasteiger partial charge in [-0.15, -0.1) is 0 Å². The van der Waals surface area contributed by atoms with Gasteiger partial charge < -0.3 is 14.6 Å². The smallest absolute Gasteiger partial charge is 0.254 e. The number of hydrogen-bond acceptors (Lipinski definition) is 4. The number of nitrogens with one attached hydrogen (secondary N) is 1. The Balaban J connectivity index is 1.41. The summed E-state index contributed by atoms with van der Waals surface area (Å²) >= 11 is 0. The van der Waals surface area contributed by atoms with Crippen LogP contribution in [0.2, 0.25) is 0 Å². The van der Waals surface area contributed by atoms with Gasteiger partial charge in [-0.1, -0.05) is 12.1 Å². The number of anilines is 1. The Bertz CT molecular complexity index is 687. The summed E-state index contributed by atoms with van der Waals surface area (Å²) in [4.78, 5) is 16.9. The zero-order valence-corrected chi connectivity index (χ0v) is 14.4.